The molecule has 0 aromatic carbocycles. The molecule has 1 spiro atoms. The van der Waals surface area contributed by atoms with Crippen molar-refractivity contribution in [2.45, 2.75) is 46.1 Å². The predicted molar refractivity (Wildman–Crippen MR) is 63.8 cm³/mol. The van der Waals surface area contributed by atoms with Crippen LogP contribution in [0.25, 0.3) is 0 Å². The molecule has 3 unspecified atom stereocenters. The molecule has 0 heterocycles. The summed E-state index contributed by atoms with van der Waals surface area (Å²) in [6, 6.07) is 0. The monoisotopic (exact) mass is 218 g/mol. The van der Waals surface area contributed by atoms with Crippen LogP contribution in [-0.4, -0.2) is 11.2 Å². The first kappa shape index (κ1) is 9.70. The molecule has 0 radical (unpaired) electrons. The molecule has 0 saturated heterocycles. The molecule has 4 rings (SSSR count). The molecule has 1 N–H and O–H groups in total. The van der Waals surface area contributed by atoms with Crippen molar-refractivity contribution in [1.29, 1.82) is 0 Å². The summed E-state index contributed by atoms with van der Waals surface area (Å²) in [6.45, 7) is 11.6. The van der Waals surface area contributed by atoms with Crippen LogP contribution in [-0.2, 0) is 0 Å². The maximum Gasteiger partial charge on any atom is 0.0756 e. The van der Waals surface area contributed by atoms with Crippen LogP contribution in [0.5, 0.6) is 0 Å². The lowest BCUT2D eigenvalue weighted by atomic mass is 9.74. The summed E-state index contributed by atoms with van der Waals surface area (Å²) in [5.74, 6) is 2.49. The molecule has 4 saturated carbocycles. The third kappa shape index (κ3) is 0.641. The van der Waals surface area contributed by atoms with Crippen LogP contribution in [0.15, 0.2) is 12.2 Å². The van der Waals surface area contributed by atoms with Gasteiger partial charge in [0.25, 0.3) is 0 Å². The number of fused-ring (bicyclic) bond motifs is 2. The largest absolute Gasteiger partial charge is 0.389 e. The van der Waals surface area contributed by atoms with E-state index in [0.717, 1.165) is 24.2 Å². The Bertz CT molecular complexity index is 410. The number of hydrogen-bond acceptors (Lipinski definition) is 1. The number of hydrogen-bond donors (Lipinski definition) is 1. The summed E-state index contributed by atoms with van der Waals surface area (Å²) in [5.41, 5.74) is 2.55. The molecule has 0 aromatic heterocycles. The lowest BCUT2D eigenvalue weighted by Gasteiger charge is -2.31. The van der Waals surface area contributed by atoms with Gasteiger partial charge in [-0.15, -0.1) is 0 Å². The quantitative estimate of drug-likeness (QED) is 0.620. The fourth-order valence-electron chi connectivity index (χ4n) is 6.28. The minimum absolute atomic E-state index is 0.201. The molecule has 4 aliphatic carbocycles. The van der Waals surface area contributed by atoms with E-state index in [0.29, 0.717) is 16.2 Å². The number of aliphatic hydroxyl groups excluding tert-OH is 1. The minimum Gasteiger partial charge on any atom is -0.389 e. The zero-order valence-corrected chi connectivity index (χ0v) is 10.6. The van der Waals surface area contributed by atoms with Gasteiger partial charge >= 0.3 is 0 Å². The topological polar surface area (TPSA) is 20.2 Å². The summed E-state index contributed by atoms with van der Waals surface area (Å²) in [5, 5.41) is 10.1. The number of rotatable bonds is 0. The highest BCUT2D eigenvalue weighted by Crippen LogP contribution is 2.93. The Morgan fingerprint density at radius 3 is 2.69 bits per heavy atom. The average molecular weight is 218 g/mol. The van der Waals surface area contributed by atoms with Crippen LogP contribution < -0.4 is 0 Å². The smallest absolute Gasteiger partial charge is 0.0756 e. The van der Waals surface area contributed by atoms with Gasteiger partial charge in [-0.3, -0.25) is 0 Å². The third-order valence-electron chi connectivity index (χ3n) is 7.09. The van der Waals surface area contributed by atoms with Crippen LogP contribution in [0.1, 0.15) is 40.0 Å². The fraction of sp³-hybridized carbons (Fsp3) is 0.867. The van der Waals surface area contributed by atoms with Crippen molar-refractivity contribution in [3.63, 3.8) is 0 Å². The molecule has 1 nitrogen and oxygen atoms in total. The standard InChI is InChI=1S/C15H22O/c1-8-10(16)7-11-14(4)6-5-9-12(13(9,2)3)15(8,11)14/h9-12,16H,1,5-7H2,2-4H3/t9?,10-,11-,12?,14+,15?/m0/s1. The highest BCUT2D eigenvalue weighted by molar-refractivity contribution is 5.47. The lowest BCUT2D eigenvalue weighted by molar-refractivity contribution is 0.163. The molecule has 0 aromatic rings. The molecule has 0 amide bonds. The van der Waals surface area contributed by atoms with Crippen molar-refractivity contribution >= 4 is 0 Å². The first-order valence-corrected chi connectivity index (χ1v) is 6.76. The van der Waals surface area contributed by atoms with Crippen LogP contribution in [0.3, 0.4) is 0 Å². The van der Waals surface area contributed by atoms with Crippen LogP contribution in [0.2, 0.25) is 0 Å². The summed E-state index contributed by atoms with van der Waals surface area (Å²) in [6.07, 6.45) is 3.58. The zero-order chi connectivity index (χ0) is 11.5. The molecule has 16 heavy (non-hydrogen) atoms. The van der Waals surface area contributed by atoms with Gasteiger partial charge in [-0.1, -0.05) is 27.4 Å². The van der Waals surface area contributed by atoms with E-state index in [1.165, 1.54) is 18.4 Å². The molecule has 6 atom stereocenters. The van der Waals surface area contributed by atoms with Crippen molar-refractivity contribution in [1.82, 2.24) is 0 Å². The highest BCUT2D eigenvalue weighted by atomic mass is 16.3. The summed E-state index contributed by atoms with van der Waals surface area (Å²) in [4.78, 5) is 0. The molecular formula is C15H22O. The zero-order valence-electron chi connectivity index (χ0n) is 10.6. The van der Waals surface area contributed by atoms with Gasteiger partial charge < -0.3 is 5.11 Å². The Hall–Kier alpha value is -0.300. The molecule has 4 aliphatic rings. The Morgan fingerprint density at radius 1 is 1.31 bits per heavy atom. The predicted octanol–water partition coefficient (Wildman–Crippen LogP) is 3.00. The van der Waals surface area contributed by atoms with E-state index in [2.05, 4.69) is 27.4 Å². The van der Waals surface area contributed by atoms with E-state index < -0.39 is 0 Å². The summed E-state index contributed by atoms with van der Waals surface area (Å²) < 4.78 is 0. The van der Waals surface area contributed by atoms with Gasteiger partial charge in [0.1, 0.15) is 0 Å². The van der Waals surface area contributed by atoms with Crippen LogP contribution in [0.4, 0.5) is 0 Å². The van der Waals surface area contributed by atoms with Gasteiger partial charge in [-0.05, 0) is 53.4 Å². The number of aliphatic hydroxyl groups is 1. The van der Waals surface area contributed by atoms with E-state index in [-0.39, 0.29) is 6.10 Å². The van der Waals surface area contributed by atoms with Crippen LogP contribution in [0, 0.1) is 34.0 Å². The van der Waals surface area contributed by atoms with Crippen molar-refractivity contribution in [2.24, 2.45) is 34.0 Å². The lowest BCUT2D eigenvalue weighted by Crippen LogP contribution is -2.26. The van der Waals surface area contributed by atoms with E-state index in [1.54, 1.807) is 0 Å². The first-order valence-electron chi connectivity index (χ1n) is 6.76. The molecular weight excluding hydrogens is 196 g/mol. The van der Waals surface area contributed by atoms with Gasteiger partial charge in [0.15, 0.2) is 0 Å². The van der Waals surface area contributed by atoms with Gasteiger partial charge in [-0.2, -0.15) is 0 Å². The molecule has 0 bridgehead atoms. The molecule has 0 aliphatic heterocycles. The summed E-state index contributed by atoms with van der Waals surface area (Å²) in [7, 11) is 0. The Morgan fingerprint density at radius 2 is 2.00 bits per heavy atom. The fourth-order valence-corrected chi connectivity index (χ4v) is 6.28. The third-order valence-corrected chi connectivity index (χ3v) is 7.09. The second-order valence-electron chi connectivity index (χ2n) is 7.56. The van der Waals surface area contributed by atoms with Crippen molar-refractivity contribution < 1.29 is 5.11 Å². The Kier molecular flexibility index (Phi) is 1.31. The highest BCUT2D eigenvalue weighted by Gasteiger charge is 2.89. The second kappa shape index (κ2) is 2.16. The summed E-state index contributed by atoms with van der Waals surface area (Å²) >= 11 is 0. The molecule has 4 fully saturated rings. The van der Waals surface area contributed by atoms with Crippen molar-refractivity contribution in [3.8, 4) is 0 Å². The average Bonchev–Trinajstić information content (AvgIpc) is 2.91. The van der Waals surface area contributed by atoms with E-state index in [4.69, 9.17) is 0 Å². The van der Waals surface area contributed by atoms with Gasteiger partial charge in [0.2, 0.25) is 0 Å². The molecule has 1 heteroatoms. The first-order chi connectivity index (χ1) is 7.38. The van der Waals surface area contributed by atoms with Gasteiger partial charge in [-0.25, -0.2) is 0 Å². The van der Waals surface area contributed by atoms with Gasteiger partial charge in [0, 0.05) is 5.41 Å². The van der Waals surface area contributed by atoms with E-state index >= 15 is 0 Å². The van der Waals surface area contributed by atoms with Crippen molar-refractivity contribution in [3.05, 3.63) is 12.2 Å². The van der Waals surface area contributed by atoms with Crippen molar-refractivity contribution in [2.75, 3.05) is 0 Å². The normalized spacial score (nSPS) is 64.6. The maximum atomic E-state index is 10.1. The Balaban J connectivity index is 1.85. The Labute approximate surface area is 97.9 Å². The second-order valence-corrected chi connectivity index (χ2v) is 7.56. The minimum atomic E-state index is -0.201. The van der Waals surface area contributed by atoms with E-state index in [1.807, 2.05) is 0 Å². The maximum absolute atomic E-state index is 10.1. The van der Waals surface area contributed by atoms with E-state index in [9.17, 15) is 5.11 Å². The van der Waals surface area contributed by atoms with Gasteiger partial charge in [0.05, 0.1) is 6.10 Å². The molecule has 88 valence electrons. The van der Waals surface area contributed by atoms with Crippen LogP contribution >= 0.6 is 0 Å². The SMILES string of the molecule is C=C1[C@@H](O)C[C@@H]2C13C1C(CC[C@]23C)C1(C)C.